The minimum absolute atomic E-state index is 0.0259. The maximum atomic E-state index is 12.5. The van der Waals surface area contributed by atoms with Gasteiger partial charge in [-0.05, 0) is 25.7 Å². The molecule has 0 unspecified atom stereocenters. The van der Waals surface area contributed by atoms with Gasteiger partial charge in [0.15, 0.2) is 0 Å². The number of aromatic amines is 1. The van der Waals surface area contributed by atoms with E-state index in [4.69, 9.17) is 0 Å². The monoisotopic (exact) mass is 385 g/mol. The van der Waals surface area contributed by atoms with Gasteiger partial charge in [0.05, 0.1) is 11.8 Å². The Morgan fingerprint density at radius 2 is 1.29 bits per heavy atom. The molecule has 4 rings (SSSR count). The lowest BCUT2D eigenvalue weighted by Crippen LogP contribution is -2.44. The van der Waals surface area contributed by atoms with Crippen molar-refractivity contribution in [3.63, 3.8) is 0 Å². The summed E-state index contributed by atoms with van der Waals surface area (Å²) in [6.07, 6.45) is 3.61. The summed E-state index contributed by atoms with van der Waals surface area (Å²) in [5.41, 5.74) is -0.254. The van der Waals surface area contributed by atoms with E-state index in [0.717, 1.165) is 17.7 Å². The zero-order valence-corrected chi connectivity index (χ0v) is 15.5. The lowest BCUT2D eigenvalue weighted by Gasteiger charge is -2.34. The molecule has 3 saturated heterocycles. The summed E-state index contributed by atoms with van der Waals surface area (Å²) in [5.74, 6) is -1.22. The maximum absolute atomic E-state index is 12.5. The summed E-state index contributed by atoms with van der Waals surface area (Å²) in [6, 6.07) is 2.63. The first-order chi connectivity index (χ1) is 13.5. The second-order valence-electron chi connectivity index (χ2n) is 7.25. The van der Waals surface area contributed by atoms with Gasteiger partial charge in [-0.1, -0.05) is 0 Å². The molecule has 0 atom stereocenters. The molecular weight excluding hydrogens is 364 g/mol. The third-order valence-corrected chi connectivity index (χ3v) is 5.35. The van der Waals surface area contributed by atoms with E-state index in [1.165, 1.54) is 9.80 Å². The molecule has 1 aromatic heterocycles. The van der Waals surface area contributed by atoms with E-state index in [1.807, 2.05) is 0 Å². The Bertz CT molecular complexity index is 905. The average Bonchev–Trinajstić information content (AvgIpc) is 3.07. The minimum Gasteiger partial charge on any atom is -0.310 e. The first-order valence-corrected chi connectivity index (χ1v) is 9.63. The molecule has 9 nitrogen and oxygen atoms in total. The fourth-order valence-electron chi connectivity index (χ4n) is 4.02. The van der Waals surface area contributed by atoms with Crippen molar-refractivity contribution in [1.82, 2.24) is 4.98 Å². The van der Waals surface area contributed by atoms with E-state index < -0.39 is 17.4 Å². The Balaban J connectivity index is 1.93. The van der Waals surface area contributed by atoms with Crippen LogP contribution in [-0.2, 0) is 19.2 Å². The minimum atomic E-state index is -0.648. The summed E-state index contributed by atoms with van der Waals surface area (Å²) in [6.45, 7) is 0.784. The van der Waals surface area contributed by atoms with Gasteiger partial charge < -0.3 is 14.8 Å². The molecule has 9 heteroatoms. The number of nitrogens with one attached hydrogen (secondary N) is 1. The molecule has 1 aromatic rings. The van der Waals surface area contributed by atoms with Crippen molar-refractivity contribution in [3.8, 4) is 0 Å². The average molecular weight is 385 g/mol. The Labute approximate surface area is 161 Å². The molecule has 0 aliphatic carbocycles. The van der Waals surface area contributed by atoms with Gasteiger partial charge in [0.1, 0.15) is 11.5 Å². The molecule has 4 heterocycles. The molecule has 28 heavy (non-hydrogen) atoms. The zero-order chi connectivity index (χ0) is 19.8. The molecule has 3 aliphatic heterocycles. The van der Waals surface area contributed by atoms with Crippen LogP contribution >= 0.6 is 0 Å². The predicted octanol–water partition coefficient (Wildman–Crippen LogP) is 0.862. The summed E-state index contributed by atoms with van der Waals surface area (Å²) in [5, 5.41) is 0. The van der Waals surface area contributed by atoms with Crippen molar-refractivity contribution < 1.29 is 19.2 Å². The van der Waals surface area contributed by atoms with Gasteiger partial charge in [-0.3, -0.25) is 24.0 Å². The zero-order valence-electron chi connectivity index (χ0n) is 15.5. The van der Waals surface area contributed by atoms with E-state index in [9.17, 15) is 24.0 Å². The number of imide groups is 1. The van der Waals surface area contributed by atoms with Crippen LogP contribution in [0.4, 0.5) is 17.2 Å². The molecule has 1 radical (unpaired) electrons. The number of carbonyl (C=O) groups excluding carboxylic acids is 4. The van der Waals surface area contributed by atoms with Gasteiger partial charge in [-0.15, -0.1) is 0 Å². The van der Waals surface area contributed by atoms with Crippen molar-refractivity contribution in [3.05, 3.63) is 16.4 Å². The second-order valence-corrected chi connectivity index (χ2v) is 7.25. The van der Waals surface area contributed by atoms with Crippen molar-refractivity contribution in [2.24, 2.45) is 0 Å². The third-order valence-electron chi connectivity index (χ3n) is 5.35. The van der Waals surface area contributed by atoms with Crippen LogP contribution < -0.4 is 20.3 Å². The van der Waals surface area contributed by atoms with Gasteiger partial charge in [-0.2, -0.15) is 0 Å². The SMILES string of the molecule is O=C1CCCCN1c1[c]c(=O)[nH]c(N2C(=O)CCCC2=O)c1N1CCCC1=O. The van der Waals surface area contributed by atoms with E-state index in [0.29, 0.717) is 38.8 Å². The van der Waals surface area contributed by atoms with Crippen LogP contribution in [0.5, 0.6) is 0 Å². The third kappa shape index (κ3) is 3.10. The maximum Gasteiger partial charge on any atom is 0.259 e. The topological polar surface area (TPSA) is 111 Å². The van der Waals surface area contributed by atoms with Gasteiger partial charge in [0.25, 0.3) is 5.56 Å². The molecule has 3 fully saturated rings. The quantitative estimate of drug-likeness (QED) is 0.776. The molecule has 3 aliphatic rings. The first kappa shape index (κ1) is 18.4. The Hall–Kier alpha value is -2.97. The fourth-order valence-corrected chi connectivity index (χ4v) is 4.02. The van der Waals surface area contributed by atoms with Gasteiger partial charge >= 0.3 is 0 Å². The molecule has 147 valence electrons. The van der Waals surface area contributed by atoms with Crippen molar-refractivity contribution >= 4 is 40.8 Å². The molecular formula is C19H21N4O5. The van der Waals surface area contributed by atoms with Gasteiger partial charge in [0.2, 0.25) is 23.6 Å². The number of anilines is 3. The van der Waals surface area contributed by atoms with Crippen molar-refractivity contribution in [2.75, 3.05) is 27.8 Å². The number of carbonyl (C=O) groups is 4. The predicted molar refractivity (Wildman–Crippen MR) is 100 cm³/mol. The number of rotatable bonds is 3. The van der Waals surface area contributed by atoms with Crippen molar-refractivity contribution in [1.29, 1.82) is 0 Å². The lowest BCUT2D eigenvalue weighted by atomic mass is 10.1. The number of H-pyrrole nitrogens is 1. The molecule has 0 bridgehead atoms. The number of hydrogen-bond acceptors (Lipinski definition) is 5. The summed E-state index contributed by atoms with van der Waals surface area (Å²) >= 11 is 0. The standard InChI is InChI=1S/C19H21N4O5/c24-13-11-12(21-9-2-1-5-14(21)25)18(22-10-4-8-15(22)26)19(20-13)23-16(27)6-3-7-17(23)28/h1-10H2,(H,20,24). The molecule has 1 N–H and O–H groups in total. The van der Waals surface area contributed by atoms with Crippen LogP contribution in [-0.4, -0.2) is 41.7 Å². The number of piperidine rings is 2. The van der Waals surface area contributed by atoms with Gasteiger partial charge in [0, 0.05) is 38.8 Å². The fraction of sp³-hybridized carbons (Fsp3) is 0.526. The van der Waals surface area contributed by atoms with Crippen LogP contribution in [0.15, 0.2) is 4.79 Å². The largest absolute Gasteiger partial charge is 0.310 e. The smallest absolute Gasteiger partial charge is 0.259 e. The number of hydrogen-bond donors (Lipinski definition) is 1. The Morgan fingerprint density at radius 1 is 0.679 bits per heavy atom. The highest BCUT2D eigenvalue weighted by molar-refractivity contribution is 6.19. The Kier molecular flexibility index (Phi) is 4.74. The molecule has 0 spiro atoms. The van der Waals surface area contributed by atoms with Crippen molar-refractivity contribution in [2.45, 2.75) is 51.4 Å². The van der Waals surface area contributed by atoms with E-state index >= 15 is 0 Å². The number of aromatic nitrogens is 1. The first-order valence-electron chi connectivity index (χ1n) is 9.63. The summed E-state index contributed by atoms with van der Waals surface area (Å²) in [4.78, 5) is 68.8. The lowest BCUT2D eigenvalue weighted by molar-refractivity contribution is -0.129. The van der Waals surface area contributed by atoms with E-state index in [1.54, 1.807) is 0 Å². The highest BCUT2D eigenvalue weighted by Crippen LogP contribution is 2.40. The summed E-state index contributed by atoms with van der Waals surface area (Å²) < 4.78 is 0. The van der Waals surface area contributed by atoms with Crippen LogP contribution in [0.2, 0.25) is 0 Å². The number of pyridine rings is 1. The number of nitrogens with zero attached hydrogens (tertiary/aromatic N) is 3. The van der Waals surface area contributed by atoms with E-state index in [2.05, 4.69) is 11.1 Å². The van der Waals surface area contributed by atoms with E-state index in [-0.39, 0.29) is 41.8 Å². The second kappa shape index (κ2) is 7.21. The summed E-state index contributed by atoms with van der Waals surface area (Å²) in [7, 11) is 0. The molecule has 0 aromatic carbocycles. The van der Waals surface area contributed by atoms with Crippen LogP contribution in [0.1, 0.15) is 51.4 Å². The number of amides is 4. The molecule has 4 amide bonds. The Morgan fingerprint density at radius 3 is 1.93 bits per heavy atom. The highest BCUT2D eigenvalue weighted by atomic mass is 16.2. The molecule has 0 saturated carbocycles. The van der Waals surface area contributed by atoms with Crippen LogP contribution in [0.3, 0.4) is 0 Å². The van der Waals surface area contributed by atoms with Crippen LogP contribution in [0, 0.1) is 6.07 Å². The normalized spacial score (nSPS) is 21.1. The van der Waals surface area contributed by atoms with Crippen LogP contribution in [0.25, 0.3) is 0 Å². The highest BCUT2D eigenvalue weighted by Gasteiger charge is 2.37. The van der Waals surface area contributed by atoms with Gasteiger partial charge in [-0.25, -0.2) is 4.90 Å².